The smallest absolute Gasteiger partial charge is 0.266 e. The van der Waals surface area contributed by atoms with Gasteiger partial charge in [0.05, 0.1) is 0 Å². The van der Waals surface area contributed by atoms with E-state index >= 15 is 0 Å². The molecule has 1 rings (SSSR count). The lowest BCUT2D eigenvalue weighted by Crippen LogP contribution is -2.15. The average Bonchev–Trinajstić information content (AvgIpc) is 2.38. The third kappa shape index (κ3) is 4.36. The largest absolute Gasteiger partial charge is 0.325 e. The Balaban J connectivity index is 2.67. The lowest BCUT2D eigenvalue weighted by Gasteiger charge is -2.05. The number of nitrogens with zero attached hydrogens (tertiary/aromatic N) is 1. The molecule has 0 radical (unpaired) electrons. The Bertz CT molecular complexity index is 538. The minimum Gasteiger partial charge on any atom is -0.325 e. The first kappa shape index (κ1) is 15.2. The topological polar surface area (TPSA) is 73.7 Å². The summed E-state index contributed by atoms with van der Waals surface area (Å²) < 4.78 is 0. The fraction of sp³-hybridized carbons (Fsp3) is 0.533. The third-order valence-corrected chi connectivity index (χ3v) is 3.17. The summed E-state index contributed by atoms with van der Waals surface area (Å²) in [5.74, 6) is 0.00162. The molecule has 0 saturated carbocycles. The van der Waals surface area contributed by atoms with Gasteiger partial charge in [-0.05, 0) is 19.4 Å². The standard InChI is InChI=1S/C15H20N2O2/c1-3-4-5-6-7-8-14(18)13-9-12(10-16)15(19)17-11(13)2/h9H,3-8H2,1-2H3,(H,17,19). The fourth-order valence-electron chi connectivity index (χ4n) is 2.02. The van der Waals surface area contributed by atoms with E-state index in [1.807, 2.05) is 0 Å². The quantitative estimate of drug-likeness (QED) is 0.604. The van der Waals surface area contributed by atoms with Gasteiger partial charge in [0.15, 0.2) is 5.78 Å². The number of aryl methyl sites for hydroxylation is 1. The van der Waals surface area contributed by atoms with Gasteiger partial charge in [0.25, 0.3) is 5.56 Å². The second kappa shape index (κ2) is 7.52. The van der Waals surface area contributed by atoms with Crippen LogP contribution in [0.3, 0.4) is 0 Å². The van der Waals surface area contributed by atoms with E-state index in [-0.39, 0.29) is 11.3 Å². The second-order valence-corrected chi connectivity index (χ2v) is 4.75. The van der Waals surface area contributed by atoms with Crippen LogP contribution in [0.5, 0.6) is 0 Å². The lowest BCUT2D eigenvalue weighted by atomic mass is 10.0. The monoisotopic (exact) mass is 260 g/mol. The SMILES string of the molecule is CCCCCCCC(=O)c1cc(C#N)c(=O)[nH]c1C. The summed E-state index contributed by atoms with van der Waals surface area (Å²) in [6, 6.07) is 3.21. The van der Waals surface area contributed by atoms with Crippen molar-refractivity contribution in [1.82, 2.24) is 4.98 Å². The molecular weight excluding hydrogens is 240 g/mol. The van der Waals surface area contributed by atoms with Crippen molar-refractivity contribution < 1.29 is 4.79 Å². The molecule has 102 valence electrons. The van der Waals surface area contributed by atoms with Crippen molar-refractivity contribution in [3.05, 3.63) is 33.2 Å². The van der Waals surface area contributed by atoms with E-state index < -0.39 is 5.56 Å². The molecule has 0 bridgehead atoms. The van der Waals surface area contributed by atoms with Gasteiger partial charge in [0, 0.05) is 17.7 Å². The van der Waals surface area contributed by atoms with Crippen molar-refractivity contribution in [2.75, 3.05) is 0 Å². The van der Waals surface area contributed by atoms with Crippen LogP contribution in [0.25, 0.3) is 0 Å². The molecule has 0 spiro atoms. The van der Waals surface area contributed by atoms with Gasteiger partial charge in [0.1, 0.15) is 11.6 Å². The molecule has 4 heteroatoms. The number of ketones is 1. The van der Waals surface area contributed by atoms with E-state index in [0.717, 1.165) is 19.3 Å². The maximum atomic E-state index is 12.0. The van der Waals surface area contributed by atoms with Crippen LogP contribution in [0.4, 0.5) is 0 Å². The van der Waals surface area contributed by atoms with E-state index in [4.69, 9.17) is 5.26 Å². The molecule has 0 aliphatic rings. The van der Waals surface area contributed by atoms with Gasteiger partial charge in [-0.25, -0.2) is 0 Å². The van der Waals surface area contributed by atoms with Crippen LogP contribution in [0.15, 0.2) is 10.9 Å². The second-order valence-electron chi connectivity index (χ2n) is 4.75. The van der Waals surface area contributed by atoms with Gasteiger partial charge in [-0.1, -0.05) is 32.6 Å². The van der Waals surface area contributed by atoms with Crippen LogP contribution in [-0.4, -0.2) is 10.8 Å². The Morgan fingerprint density at radius 3 is 2.63 bits per heavy atom. The number of hydrogen-bond donors (Lipinski definition) is 1. The minimum atomic E-state index is -0.431. The first-order valence-electron chi connectivity index (χ1n) is 6.77. The van der Waals surface area contributed by atoms with Crippen LogP contribution < -0.4 is 5.56 Å². The number of Topliss-reactive ketones (excluding diaryl/α,β-unsaturated/α-hetero) is 1. The maximum Gasteiger partial charge on any atom is 0.266 e. The Kier molecular flexibility index (Phi) is 6.01. The highest BCUT2D eigenvalue weighted by Crippen LogP contribution is 2.12. The number of pyridine rings is 1. The number of rotatable bonds is 7. The van der Waals surface area contributed by atoms with Gasteiger partial charge in [-0.15, -0.1) is 0 Å². The van der Waals surface area contributed by atoms with Gasteiger partial charge < -0.3 is 4.98 Å². The van der Waals surface area contributed by atoms with Crippen LogP contribution >= 0.6 is 0 Å². The molecule has 0 aliphatic heterocycles. The lowest BCUT2D eigenvalue weighted by molar-refractivity contribution is 0.0978. The number of nitriles is 1. The van der Waals surface area contributed by atoms with Crippen LogP contribution in [0.1, 0.15) is 67.1 Å². The summed E-state index contributed by atoms with van der Waals surface area (Å²) >= 11 is 0. The molecule has 4 nitrogen and oxygen atoms in total. The average molecular weight is 260 g/mol. The first-order valence-corrected chi connectivity index (χ1v) is 6.77. The summed E-state index contributed by atoms with van der Waals surface area (Å²) in [4.78, 5) is 26.0. The maximum absolute atomic E-state index is 12.0. The minimum absolute atomic E-state index is 0.0000621. The van der Waals surface area contributed by atoms with E-state index in [2.05, 4.69) is 11.9 Å². The summed E-state index contributed by atoms with van der Waals surface area (Å²) in [6.07, 6.45) is 5.91. The molecule has 0 amide bonds. The Labute approximate surface area is 113 Å². The number of unbranched alkanes of at least 4 members (excludes halogenated alkanes) is 4. The Hall–Kier alpha value is -1.89. The highest BCUT2D eigenvalue weighted by atomic mass is 16.1. The van der Waals surface area contributed by atoms with Gasteiger partial charge in [0.2, 0.25) is 0 Å². The number of carbonyl (C=O) groups excluding carboxylic acids is 1. The molecule has 0 fully saturated rings. The van der Waals surface area contributed by atoms with E-state index in [9.17, 15) is 9.59 Å². The molecule has 1 aromatic heterocycles. The van der Waals surface area contributed by atoms with Gasteiger partial charge >= 0.3 is 0 Å². The summed E-state index contributed by atoms with van der Waals surface area (Å²) in [6.45, 7) is 3.84. The van der Waals surface area contributed by atoms with E-state index in [1.165, 1.54) is 18.9 Å². The molecule has 0 saturated heterocycles. The number of nitrogens with one attached hydrogen (secondary N) is 1. The molecule has 1 aromatic rings. The summed E-state index contributed by atoms with van der Waals surface area (Å²) in [5.41, 5.74) is 0.577. The van der Waals surface area contributed by atoms with E-state index in [1.54, 1.807) is 13.0 Å². The zero-order valence-electron chi connectivity index (χ0n) is 11.6. The molecule has 0 aromatic carbocycles. The first-order chi connectivity index (χ1) is 9.10. The van der Waals surface area contributed by atoms with Crippen molar-refractivity contribution in [3.63, 3.8) is 0 Å². The normalized spacial score (nSPS) is 10.2. The predicted molar refractivity (Wildman–Crippen MR) is 74.2 cm³/mol. The number of aromatic amines is 1. The van der Waals surface area contributed by atoms with Crippen molar-refractivity contribution in [3.8, 4) is 6.07 Å². The van der Waals surface area contributed by atoms with Crippen molar-refractivity contribution in [2.45, 2.75) is 52.4 Å². The van der Waals surface area contributed by atoms with Gasteiger partial charge in [-0.3, -0.25) is 9.59 Å². The van der Waals surface area contributed by atoms with Crippen molar-refractivity contribution in [1.29, 1.82) is 5.26 Å². The molecule has 19 heavy (non-hydrogen) atoms. The molecular formula is C15H20N2O2. The predicted octanol–water partition coefficient (Wildman–Crippen LogP) is 3.10. The number of H-pyrrole nitrogens is 1. The highest BCUT2D eigenvalue weighted by molar-refractivity contribution is 5.97. The number of hydrogen-bond acceptors (Lipinski definition) is 3. The van der Waals surface area contributed by atoms with Crippen molar-refractivity contribution in [2.24, 2.45) is 0 Å². The Morgan fingerprint density at radius 2 is 2.00 bits per heavy atom. The molecule has 0 unspecified atom stereocenters. The third-order valence-electron chi connectivity index (χ3n) is 3.17. The van der Waals surface area contributed by atoms with Crippen LogP contribution in [0.2, 0.25) is 0 Å². The van der Waals surface area contributed by atoms with E-state index in [0.29, 0.717) is 17.7 Å². The molecule has 1 heterocycles. The Morgan fingerprint density at radius 1 is 1.32 bits per heavy atom. The van der Waals surface area contributed by atoms with Gasteiger partial charge in [-0.2, -0.15) is 5.26 Å². The summed E-state index contributed by atoms with van der Waals surface area (Å²) in [5, 5.41) is 8.81. The van der Waals surface area contributed by atoms with Crippen LogP contribution in [-0.2, 0) is 0 Å². The van der Waals surface area contributed by atoms with Crippen molar-refractivity contribution >= 4 is 5.78 Å². The zero-order chi connectivity index (χ0) is 14.3. The zero-order valence-corrected chi connectivity index (χ0v) is 11.6. The highest BCUT2D eigenvalue weighted by Gasteiger charge is 2.12. The molecule has 1 N–H and O–H groups in total. The molecule has 0 aliphatic carbocycles. The number of aromatic nitrogens is 1. The van der Waals surface area contributed by atoms with Crippen LogP contribution in [0, 0.1) is 18.3 Å². The summed E-state index contributed by atoms with van der Waals surface area (Å²) in [7, 11) is 0. The fourth-order valence-corrected chi connectivity index (χ4v) is 2.02. The molecule has 0 atom stereocenters. The number of carbonyl (C=O) groups is 1.